The Morgan fingerprint density at radius 1 is 1.14 bits per heavy atom. The van der Waals surface area contributed by atoms with E-state index in [1.165, 1.54) is 17.7 Å². The number of carbonyl (C=O) groups excluding carboxylic acids is 3. The summed E-state index contributed by atoms with van der Waals surface area (Å²) >= 11 is 0. The van der Waals surface area contributed by atoms with Crippen molar-refractivity contribution in [1.82, 2.24) is 9.88 Å². The summed E-state index contributed by atoms with van der Waals surface area (Å²) < 4.78 is 5.95. The number of aromatic nitrogens is 1. The van der Waals surface area contributed by atoms with Gasteiger partial charge in [-0.1, -0.05) is 0 Å². The van der Waals surface area contributed by atoms with Gasteiger partial charge >= 0.3 is 5.97 Å². The fraction of sp³-hybridized carbons (Fsp3) is 0.263. The summed E-state index contributed by atoms with van der Waals surface area (Å²) in [4.78, 5) is 50.6. The summed E-state index contributed by atoms with van der Waals surface area (Å²) in [6.45, 7) is 5.07. The number of hydrogen-bond acceptors (Lipinski definition) is 7. The van der Waals surface area contributed by atoms with E-state index in [0.29, 0.717) is 30.0 Å². The quantitative estimate of drug-likeness (QED) is 0.581. The molecule has 2 aromatic rings. The van der Waals surface area contributed by atoms with Crippen LogP contribution in [-0.2, 0) is 4.74 Å². The molecule has 9 heteroatoms. The van der Waals surface area contributed by atoms with Crippen molar-refractivity contribution >= 4 is 29.3 Å². The maximum absolute atomic E-state index is 12.8. The van der Waals surface area contributed by atoms with Crippen LogP contribution in [0, 0.1) is 0 Å². The normalized spacial score (nSPS) is 12.5. The molecular formula is C19H20N4O5. The number of ether oxygens (including phenoxy) is 1. The third-order valence-corrected chi connectivity index (χ3v) is 4.69. The molecule has 0 saturated carbocycles. The molecule has 1 aliphatic rings. The van der Waals surface area contributed by atoms with Gasteiger partial charge in [0.25, 0.3) is 17.4 Å². The van der Waals surface area contributed by atoms with E-state index in [9.17, 15) is 19.2 Å². The molecule has 1 aromatic heterocycles. The number of carbonyl (C=O) groups is 3. The van der Waals surface area contributed by atoms with Crippen molar-refractivity contribution in [2.75, 3.05) is 30.8 Å². The van der Waals surface area contributed by atoms with Crippen LogP contribution in [0.3, 0.4) is 0 Å². The fourth-order valence-corrected chi connectivity index (χ4v) is 3.30. The minimum atomic E-state index is -0.652. The van der Waals surface area contributed by atoms with Gasteiger partial charge in [-0.25, -0.2) is 4.79 Å². The topological polar surface area (TPSA) is 124 Å². The number of pyridine rings is 1. The SMILES string of the molecule is CCN(CC)c1cc(C(=O)OC)ccc1-n1c(N)c2c(cc1=O)C(=O)NC2=O. The van der Waals surface area contributed by atoms with Gasteiger partial charge in [-0.2, -0.15) is 0 Å². The van der Waals surface area contributed by atoms with Gasteiger partial charge in [0.2, 0.25) is 0 Å². The first-order valence-corrected chi connectivity index (χ1v) is 8.72. The lowest BCUT2D eigenvalue weighted by Gasteiger charge is -2.26. The Hall–Kier alpha value is -3.62. The molecule has 1 aromatic carbocycles. The van der Waals surface area contributed by atoms with Crippen molar-refractivity contribution in [3.63, 3.8) is 0 Å². The zero-order chi connectivity index (χ0) is 20.6. The molecule has 28 heavy (non-hydrogen) atoms. The first kappa shape index (κ1) is 19.2. The monoisotopic (exact) mass is 384 g/mol. The van der Waals surface area contributed by atoms with Crippen molar-refractivity contribution < 1.29 is 19.1 Å². The Morgan fingerprint density at radius 2 is 1.82 bits per heavy atom. The Kier molecular flexibility index (Phi) is 4.91. The molecule has 0 radical (unpaired) electrons. The number of fused-ring (bicyclic) bond motifs is 1. The molecule has 0 saturated heterocycles. The van der Waals surface area contributed by atoms with Gasteiger partial charge in [0.15, 0.2) is 0 Å². The number of nitrogens with two attached hydrogens (primary N) is 1. The van der Waals surface area contributed by atoms with Gasteiger partial charge in [0.05, 0.1) is 35.2 Å². The Balaban J connectivity index is 2.31. The van der Waals surface area contributed by atoms with Crippen LogP contribution in [0.1, 0.15) is 44.9 Å². The van der Waals surface area contributed by atoms with Gasteiger partial charge in [-0.3, -0.25) is 24.3 Å². The number of anilines is 2. The molecule has 3 rings (SSSR count). The van der Waals surface area contributed by atoms with Gasteiger partial charge < -0.3 is 15.4 Å². The Morgan fingerprint density at radius 3 is 2.43 bits per heavy atom. The molecule has 2 amide bonds. The summed E-state index contributed by atoms with van der Waals surface area (Å²) in [5.74, 6) is -1.95. The molecule has 0 atom stereocenters. The van der Waals surface area contributed by atoms with Crippen molar-refractivity contribution in [2.24, 2.45) is 0 Å². The summed E-state index contributed by atoms with van der Waals surface area (Å²) in [6.07, 6.45) is 0. The van der Waals surface area contributed by atoms with E-state index < -0.39 is 23.3 Å². The number of esters is 1. The molecule has 146 valence electrons. The average Bonchev–Trinajstić information content (AvgIpc) is 2.96. The average molecular weight is 384 g/mol. The van der Waals surface area contributed by atoms with Crippen LogP contribution in [0.5, 0.6) is 0 Å². The summed E-state index contributed by atoms with van der Waals surface area (Å²) in [7, 11) is 1.28. The van der Waals surface area contributed by atoms with E-state index in [0.717, 1.165) is 6.07 Å². The predicted molar refractivity (Wildman–Crippen MR) is 103 cm³/mol. The number of nitrogens with zero attached hydrogens (tertiary/aromatic N) is 2. The molecule has 0 fully saturated rings. The van der Waals surface area contributed by atoms with Gasteiger partial charge in [0.1, 0.15) is 5.82 Å². The summed E-state index contributed by atoms with van der Waals surface area (Å²) in [5.41, 5.74) is 6.79. The van der Waals surface area contributed by atoms with E-state index in [-0.39, 0.29) is 16.9 Å². The molecule has 0 spiro atoms. The number of benzene rings is 1. The minimum absolute atomic E-state index is 0.0351. The van der Waals surface area contributed by atoms with Crippen LogP contribution in [0.25, 0.3) is 5.69 Å². The predicted octanol–water partition coefficient (Wildman–Crippen LogP) is 0.936. The molecular weight excluding hydrogens is 364 g/mol. The third kappa shape index (κ3) is 2.90. The molecule has 2 heterocycles. The lowest BCUT2D eigenvalue weighted by Crippen LogP contribution is -2.28. The molecule has 0 bridgehead atoms. The Bertz CT molecular complexity index is 1050. The summed E-state index contributed by atoms with van der Waals surface area (Å²) in [5, 5.41) is 2.14. The second kappa shape index (κ2) is 7.18. The number of imide groups is 1. The first-order valence-electron chi connectivity index (χ1n) is 8.72. The highest BCUT2D eigenvalue weighted by atomic mass is 16.5. The maximum Gasteiger partial charge on any atom is 0.337 e. The zero-order valence-corrected chi connectivity index (χ0v) is 15.7. The van der Waals surface area contributed by atoms with Crippen LogP contribution in [-0.4, -0.2) is 42.6 Å². The number of rotatable bonds is 5. The van der Waals surface area contributed by atoms with E-state index in [4.69, 9.17) is 10.5 Å². The van der Waals surface area contributed by atoms with Gasteiger partial charge in [-0.05, 0) is 32.0 Å². The fourth-order valence-electron chi connectivity index (χ4n) is 3.30. The lowest BCUT2D eigenvalue weighted by atomic mass is 10.1. The second-order valence-electron chi connectivity index (χ2n) is 6.14. The number of nitrogens with one attached hydrogen (secondary N) is 1. The molecule has 3 N–H and O–H groups in total. The molecule has 9 nitrogen and oxygen atoms in total. The molecule has 1 aliphatic heterocycles. The number of nitrogen functional groups attached to an aromatic ring is 1. The highest BCUT2D eigenvalue weighted by Crippen LogP contribution is 2.30. The van der Waals surface area contributed by atoms with Crippen LogP contribution in [0.15, 0.2) is 29.1 Å². The van der Waals surface area contributed by atoms with E-state index >= 15 is 0 Å². The van der Waals surface area contributed by atoms with Crippen LogP contribution >= 0.6 is 0 Å². The van der Waals surface area contributed by atoms with E-state index in [1.807, 2.05) is 18.7 Å². The van der Waals surface area contributed by atoms with Crippen LogP contribution in [0.4, 0.5) is 11.5 Å². The van der Waals surface area contributed by atoms with Gasteiger partial charge in [-0.15, -0.1) is 0 Å². The van der Waals surface area contributed by atoms with Crippen molar-refractivity contribution in [3.05, 3.63) is 51.3 Å². The summed E-state index contributed by atoms with van der Waals surface area (Å²) in [6, 6.07) is 5.78. The third-order valence-electron chi connectivity index (χ3n) is 4.69. The van der Waals surface area contributed by atoms with Crippen LogP contribution < -0.4 is 21.5 Å². The zero-order valence-electron chi connectivity index (χ0n) is 15.7. The molecule has 0 aliphatic carbocycles. The maximum atomic E-state index is 12.8. The standard InChI is InChI=1S/C19H20N4O5/c1-4-22(5-2)13-8-10(19(27)28-3)6-7-12(13)23-14(24)9-11-15(16(23)20)18(26)21-17(11)25/h6-9H,4-5,20H2,1-3H3,(H,21,25,26). The number of amides is 2. The highest BCUT2D eigenvalue weighted by Gasteiger charge is 2.32. The smallest absolute Gasteiger partial charge is 0.337 e. The highest BCUT2D eigenvalue weighted by molar-refractivity contribution is 6.23. The lowest BCUT2D eigenvalue weighted by molar-refractivity contribution is 0.0600. The van der Waals surface area contributed by atoms with E-state index in [2.05, 4.69) is 5.32 Å². The second-order valence-corrected chi connectivity index (χ2v) is 6.14. The van der Waals surface area contributed by atoms with Crippen LogP contribution in [0.2, 0.25) is 0 Å². The first-order chi connectivity index (χ1) is 13.3. The largest absolute Gasteiger partial charge is 0.465 e. The molecule has 0 unspecified atom stereocenters. The van der Waals surface area contributed by atoms with E-state index in [1.54, 1.807) is 12.1 Å². The Labute approximate surface area is 160 Å². The van der Waals surface area contributed by atoms with Crippen molar-refractivity contribution in [1.29, 1.82) is 0 Å². The number of hydrogen-bond donors (Lipinski definition) is 2. The van der Waals surface area contributed by atoms with Crippen molar-refractivity contribution in [3.8, 4) is 5.69 Å². The van der Waals surface area contributed by atoms with Gasteiger partial charge in [0, 0.05) is 19.2 Å². The minimum Gasteiger partial charge on any atom is -0.465 e. The number of methoxy groups -OCH3 is 1. The van der Waals surface area contributed by atoms with Crippen molar-refractivity contribution in [2.45, 2.75) is 13.8 Å².